The summed E-state index contributed by atoms with van der Waals surface area (Å²) in [6.07, 6.45) is 0.878. The fourth-order valence-electron chi connectivity index (χ4n) is 2.86. The van der Waals surface area contributed by atoms with Crippen LogP contribution >= 0.6 is 11.3 Å². The lowest BCUT2D eigenvalue weighted by Gasteiger charge is -2.24. The van der Waals surface area contributed by atoms with E-state index in [1.165, 1.54) is 26.7 Å². The Morgan fingerprint density at radius 2 is 2.05 bits per heavy atom. The summed E-state index contributed by atoms with van der Waals surface area (Å²) < 4.78 is 0. The van der Waals surface area contributed by atoms with Crippen molar-refractivity contribution < 1.29 is 9.69 Å². The van der Waals surface area contributed by atoms with Gasteiger partial charge in [0.2, 0.25) is 0 Å². The first-order valence-corrected chi connectivity index (χ1v) is 7.54. The molecule has 1 aliphatic rings. The Bertz CT molecular complexity index is 636. The first-order valence-electron chi connectivity index (χ1n) is 6.72. The Labute approximate surface area is 122 Å². The average Bonchev–Trinajstić information content (AvgIpc) is 2.75. The molecular formula is C15H18N3OS+. The molecule has 4 nitrogen and oxygen atoms in total. The van der Waals surface area contributed by atoms with Gasteiger partial charge in [-0.25, -0.2) is 0 Å². The first kappa shape index (κ1) is 13.1. The van der Waals surface area contributed by atoms with Crippen molar-refractivity contribution in [3.05, 3.63) is 51.9 Å². The number of quaternary nitrogens is 1. The van der Waals surface area contributed by atoms with E-state index in [1.54, 1.807) is 0 Å². The number of fused-ring (bicyclic) bond motifs is 1. The molecule has 5 heteroatoms. The van der Waals surface area contributed by atoms with Crippen molar-refractivity contribution in [2.75, 3.05) is 12.3 Å². The largest absolute Gasteiger partial charge is 0.390 e. The maximum Gasteiger partial charge on any atom is 0.251 e. The highest BCUT2D eigenvalue weighted by Gasteiger charge is 2.28. The highest BCUT2D eigenvalue weighted by Crippen LogP contribution is 2.31. The third-order valence-corrected chi connectivity index (χ3v) is 4.86. The van der Waals surface area contributed by atoms with Crippen LogP contribution in [0.4, 0.5) is 5.00 Å². The molecule has 104 valence electrons. The number of amides is 1. The number of anilines is 1. The molecule has 1 amide bonds. The second kappa shape index (κ2) is 5.26. The molecule has 1 unspecified atom stereocenters. The van der Waals surface area contributed by atoms with E-state index in [0.29, 0.717) is 10.6 Å². The van der Waals surface area contributed by atoms with Gasteiger partial charge in [-0.05, 0) is 5.56 Å². The van der Waals surface area contributed by atoms with E-state index in [4.69, 9.17) is 11.5 Å². The number of hydrogen-bond donors (Lipinski definition) is 3. The van der Waals surface area contributed by atoms with Crippen molar-refractivity contribution >= 4 is 22.2 Å². The Hall–Kier alpha value is -1.85. The molecular weight excluding hydrogens is 270 g/mol. The zero-order valence-corrected chi connectivity index (χ0v) is 12.0. The van der Waals surface area contributed by atoms with E-state index in [0.717, 1.165) is 31.6 Å². The van der Waals surface area contributed by atoms with Gasteiger partial charge in [0.1, 0.15) is 13.1 Å². The third-order valence-electron chi connectivity index (χ3n) is 3.80. The second-order valence-corrected chi connectivity index (χ2v) is 6.33. The van der Waals surface area contributed by atoms with Gasteiger partial charge in [0.05, 0.1) is 22.0 Å². The molecule has 1 atom stereocenters. The predicted molar refractivity (Wildman–Crippen MR) is 80.6 cm³/mol. The highest BCUT2D eigenvalue weighted by molar-refractivity contribution is 7.16. The van der Waals surface area contributed by atoms with Gasteiger partial charge in [-0.2, -0.15) is 0 Å². The molecule has 1 aliphatic heterocycles. The number of hydrogen-bond acceptors (Lipinski definition) is 3. The summed E-state index contributed by atoms with van der Waals surface area (Å²) in [7, 11) is 0. The lowest BCUT2D eigenvalue weighted by Crippen LogP contribution is -3.10. The number of carbonyl (C=O) groups excluding carboxylic acids is 1. The lowest BCUT2D eigenvalue weighted by molar-refractivity contribution is -0.929. The quantitative estimate of drug-likeness (QED) is 0.772. The molecule has 1 aromatic carbocycles. The maximum absolute atomic E-state index is 11.5. The molecule has 0 saturated carbocycles. The fourth-order valence-corrected chi connectivity index (χ4v) is 4.06. The van der Waals surface area contributed by atoms with Gasteiger partial charge in [0, 0.05) is 12.0 Å². The van der Waals surface area contributed by atoms with Crippen molar-refractivity contribution in [1.82, 2.24) is 0 Å². The van der Waals surface area contributed by atoms with Gasteiger partial charge >= 0.3 is 0 Å². The summed E-state index contributed by atoms with van der Waals surface area (Å²) in [5.41, 5.74) is 14.3. The summed E-state index contributed by atoms with van der Waals surface area (Å²) in [5, 5.41) is 0.573. The Morgan fingerprint density at radius 3 is 2.75 bits per heavy atom. The zero-order valence-electron chi connectivity index (χ0n) is 11.2. The molecule has 20 heavy (non-hydrogen) atoms. The number of nitrogens with two attached hydrogens (primary N) is 2. The van der Waals surface area contributed by atoms with Crippen LogP contribution in [0.3, 0.4) is 0 Å². The minimum Gasteiger partial charge on any atom is -0.390 e. The SMILES string of the molecule is NC(=O)c1c(N)sc2c1CC[NH+](Cc1ccccc1)C2. The van der Waals surface area contributed by atoms with Gasteiger partial charge in [-0.15, -0.1) is 11.3 Å². The fraction of sp³-hybridized carbons (Fsp3) is 0.267. The van der Waals surface area contributed by atoms with Gasteiger partial charge in [0.15, 0.2) is 0 Å². The van der Waals surface area contributed by atoms with E-state index in [1.807, 2.05) is 6.07 Å². The molecule has 2 aromatic rings. The van der Waals surface area contributed by atoms with Crippen LogP contribution in [0, 0.1) is 0 Å². The number of primary amides is 1. The van der Waals surface area contributed by atoms with Crippen LogP contribution in [0.2, 0.25) is 0 Å². The summed E-state index contributed by atoms with van der Waals surface area (Å²) in [5.74, 6) is -0.397. The summed E-state index contributed by atoms with van der Waals surface area (Å²) in [6.45, 7) is 2.94. The maximum atomic E-state index is 11.5. The van der Waals surface area contributed by atoms with E-state index < -0.39 is 5.91 Å². The predicted octanol–water partition coefficient (Wildman–Crippen LogP) is 0.570. The van der Waals surface area contributed by atoms with Crippen molar-refractivity contribution in [1.29, 1.82) is 0 Å². The minimum atomic E-state index is -0.397. The van der Waals surface area contributed by atoms with Crippen molar-refractivity contribution in [2.24, 2.45) is 5.73 Å². The molecule has 0 radical (unpaired) electrons. The molecule has 2 heterocycles. The van der Waals surface area contributed by atoms with Gasteiger partial charge < -0.3 is 16.4 Å². The van der Waals surface area contributed by atoms with E-state index in [2.05, 4.69) is 24.3 Å². The first-order chi connectivity index (χ1) is 9.65. The van der Waals surface area contributed by atoms with Crippen LogP contribution < -0.4 is 16.4 Å². The summed E-state index contributed by atoms with van der Waals surface area (Å²) in [6, 6.07) is 10.5. The topological polar surface area (TPSA) is 73.5 Å². The van der Waals surface area contributed by atoms with E-state index in [9.17, 15) is 4.79 Å². The van der Waals surface area contributed by atoms with Crippen LogP contribution in [-0.4, -0.2) is 12.5 Å². The number of thiophene rings is 1. The Morgan fingerprint density at radius 1 is 1.30 bits per heavy atom. The van der Waals surface area contributed by atoms with Crippen LogP contribution in [0.15, 0.2) is 30.3 Å². The zero-order chi connectivity index (χ0) is 14.1. The van der Waals surface area contributed by atoms with Gasteiger partial charge in [-0.3, -0.25) is 4.79 Å². The number of rotatable bonds is 3. The smallest absolute Gasteiger partial charge is 0.251 e. The standard InChI is InChI=1S/C15H17N3OS/c16-14(19)13-11-6-7-18(9-12(11)20-15(13)17)8-10-4-2-1-3-5-10/h1-5H,6-9,17H2,(H2,16,19)/p+1. The van der Waals surface area contributed by atoms with Crippen LogP contribution in [0.5, 0.6) is 0 Å². The van der Waals surface area contributed by atoms with Crippen LogP contribution in [0.1, 0.15) is 26.4 Å². The third kappa shape index (κ3) is 2.42. The molecule has 0 bridgehead atoms. The second-order valence-electron chi connectivity index (χ2n) is 5.20. The van der Waals surface area contributed by atoms with E-state index in [-0.39, 0.29) is 0 Å². The van der Waals surface area contributed by atoms with Gasteiger partial charge in [-0.1, -0.05) is 30.3 Å². The van der Waals surface area contributed by atoms with E-state index >= 15 is 0 Å². The monoisotopic (exact) mass is 288 g/mol. The minimum absolute atomic E-state index is 0.397. The highest BCUT2D eigenvalue weighted by atomic mass is 32.1. The number of carbonyl (C=O) groups is 1. The molecule has 0 aliphatic carbocycles. The van der Waals surface area contributed by atoms with Gasteiger partial charge in [0.25, 0.3) is 5.91 Å². The van der Waals surface area contributed by atoms with Crippen molar-refractivity contribution in [2.45, 2.75) is 19.5 Å². The number of nitrogen functional groups attached to an aromatic ring is 1. The molecule has 0 spiro atoms. The Balaban J connectivity index is 1.79. The molecule has 0 fully saturated rings. The Kier molecular flexibility index (Phi) is 3.46. The molecule has 3 rings (SSSR count). The molecule has 5 N–H and O–H groups in total. The molecule has 0 saturated heterocycles. The molecule has 1 aromatic heterocycles. The summed E-state index contributed by atoms with van der Waals surface area (Å²) in [4.78, 5) is 14.2. The normalized spacial score (nSPS) is 17.7. The lowest BCUT2D eigenvalue weighted by atomic mass is 10.0. The average molecular weight is 288 g/mol. The van der Waals surface area contributed by atoms with Crippen LogP contribution in [0.25, 0.3) is 0 Å². The van der Waals surface area contributed by atoms with Crippen molar-refractivity contribution in [3.8, 4) is 0 Å². The van der Waals surface area contributed by atoms with Crippen molar-refractivity contribution in [3.63, 3.8) is 0 Å². The van der Waals surface area contributed by atoms with Crippen LogP contribution in [-0.2, 0) is 19.5 Å². The number of benzene rings is 1. The summed E-state index contributed by atoms with van der Waals surface area (Å²) >= 11 is 1.52. The number of nitrogens with one attached hydrogen (secondary N) is 1.